The molecule has 0 unspecified atom stereocenters. The van der Waals surface area contributed by atoms with Crippen LogP contribution in [0.4, 0.5) is 0 Å². The van der Waals surface area contributed by atoms with Gasteiger partial charge in [0.15, 0.2) is 0 Å². The lowest BCUT2D eigenvalue weighted by atomic mass is 10.2. The van der Waals surface area contributed by atoms with Crippen LogP contribution in [0.5, 0.6) is 0 Å². The molecule has 0 fully saturated rings. The van der Waals surface area contributed by atoms with Gasteiger partial charge in [-0.3, -0.25) is 0 Å². The van der Waals surface area contributed by atoms with Gasteiger partial charge in [0.25, 0.3) is 0 Å². The van der Waals surface area contributed by atoms with Gasteiger partial charge in [-0.05, 0) is 18.2 Å². The lowest BCUT2D eigenvalue weighted by molar-refractivity contribution is 0.568. The number of halogens is 1. The zero-order valence-electron chi connectivity index (χ0n) is 8.76. The quantitative estimate of drug-likeness (QED) is 0.667. The van der Waals surface area contributed by atoms with Gasteiger partial charge in [0.2, 0.25) is 0 Å². The van der Waals surface area contributed by atoms with Crippen LogP contribution in [-0.2, 0) is 0 Å². The van der Waals surface area contributed by atoms with Crippen molar-refractivity contribution in [1.82, 2.24) is 4.98 Å². The Morgan fingerprint density at radius 1 is 1.06 bits per heavy atom. The Bertz CT molecular complexity index is 613. The van der Waals surface area contributed by atoms with Crippen LogP contribution in [0.15, 0.2) is 52.7 Å². The van der Waals surface area contributed by atoms with E-state index in [4.69, 9.17) is 16.0 Å². The molecule has 4 heteroatoms. The summed E-state index contributed by atoms with van der Waals surface area (Å²) in [5.74, 6) is 0. The minimum atomic E-state index is 0.735. The van der Waals surface area contributed by atoms with E-state index in [1.54, 1.807) is 23.9 Å². The van der Waals surface area contributed by atoms with Crippen molar-refractivity contribution in [2.24, 2.45) is 0 Å². The highest BCUT2D eigenvalue weighted by atomic mass is 35.5. The highest BCUT2D eigenvalue weighted by molar-refractivity contribution is 7.13. The average Bonchev–Trinajstić information content (AvgIpc) is 3.00. The normalized spacial score (nSPS) is 10.6. The standard InChI is InChI=1S/C13H8ClNOS/c14-11-3-1-9(2-4-11)12-8-17-13(15-12)10-5-6-16-7-10/h1-8H. The molecule has 2 nitrogen and oxygen atoms in total. The molecule has 2 aromatic heterocycles. The van der Waals surface area contributed by atoms with E-state index >= 15 is 0 Å². The van der Waals surface area contributed by atoms with Crippen LogP contribution in [0.2, 0.25) is 5.02 Å². The number of nitrogens with zero attached hydrogens (tertiary/aromatic N) is 1. The summed E-state index contributed by atoms with van der Waals surface area (Å²) in [5.41, 5.74) is 3.04. The Hall–Kier alpha value is -1.58. The summed E-state index contributed by atoms with van der Waals surface area (Å²) in [4.78, 5) is 4.57. The van der Waals surface area contributed by atoms with E-state index in [1.165, 1.54) is 0 Å². The first-order valence-corrected chi connectivity index (χ1v) is 6.33. The van der Waals surface area contributed by atoms with E-state index in [1.807, 2.05) is 35.7 Å². The van der Waals surface area contributed by atoms with Crippen molar-refractivity contribution in [3.05, 3.63) is 53.3 Å². The third-order valence-electron chi connectivity index (χ3n) is 2.41. The van der Waals surface area contributed by atoms with Gasteiger partial charge in [-0.2, -0.15) is 0 Å². The molecule has 1 aromatic carbocycles. The van der Waals surface area contributed by atoms with Crippen LogP contribution in [0, 0.1) is 0 Å². The van der Waals surface area contributed by atoms with Gasteiger partial charge in [0.1, 0.15) is 11.3 Å². The van der Waals surface area contributed by atoms with Crippen LogP contribution >= 0.6 is 22.9 Å². The summed E-state index contributed by atoms with van der Waals surface area (Å²) in [6.07, 6.45) is 3.35. The molecule has 0 amide bonds. The van der Waals surface area contributed by atoms with Crippen molar-refractivity contribution in [1.29, 1.82) is 0 Å². The largest absolute Gasteiger partial charge is 0.472 e. The fourth-order valence-corrected chi connectivity index (χ4v) is 2.49. The molecule has 0 atom stereocenters. The Labute approximate surface area is 108 Å². The van der Waals surface area contributed by atoms with E-state index in [0.717, 1.165) is 26.9 Å². The van der Waals surface area contributed by atoms with E-state index in [2.05, 4.69) is 4.98 Å². The molecule has 3 rings (SSSR count). The Morgan fingerprint density at radius 2 is 1.88 bits per heavy atom. The molecule has 0 saturated carbocycles. The maximum absolute atomic E-state index is 5.86. The molecular weight excluding hydrogens is 254 g/mol. The maximum atomic E-state index is 5.86. The third-order valence-corrected chi connectivity index (χ3v) is 3.56. The van der Waals surface area contributed by atoms with Gasteiger partial charge >= 0.3 is 0 Å². The molecule has 17 heavy (non-hydrogen) atoms. The van der Waals surface area contributed by atoms with Crippen molar-refractivity contribution in [2.75, 3.05) is 0 Å². The summed E-state index contributed by atoms with van der Waals surface area (Å²) >= 11 is 7.46. The van der Waals surface area contributed by atoms with Gasteiger partial charge < -0.3 is 4.42 Å². The molecule has 84 valence electrons. The maximum Gasteiger partial charge on any atom is 0.127 e. The number of rotatable bonds is 2. The second kappa shape index (κ2) is 4.35. The lowest BCUT2D eigenvalue weighted by Gasteiger charge is -1.95. The molecule has 0 saturated heterocycles. The van der Waals surface area contributed by atoms with Crippen molar-refractivity contribution in [2.45, 2.75) is 0 Å². The molecule has 3 aromatic rings. The summed E-state index contributed by atoms with van der Waals surface area (Å²) in [5, 5.41) is 3.73. The molecule has 0 bridgehead atoms. The molecule has 0 aliphatic carbocycles. The van der Waals surface area contributed by atoms with Crippen molar-refractivity contribution >= 4 is 22.9 Å². The van der Waals surface area contributed by atoms with Gasteiger partial charge in [-0.25, -0.2) is 4.98 Å². The third kappa shape index (κ3) is 2.12. The zero-order valence-corrected chi connectivity index (χ0v) is 10.3. The Kier molecular flexibility index (Phi) is 2.71. The lowest BCUT2D eigenvalue weighted by Crippen LogP contribution is -1.77. The number of hydrogen-bond acceptors (Lipinski definition) is 3. The molecule has 0 aliphatic rings. The first kappa shape index (κ1) is 10.6. The van der Waals surface area contributed by atoms with Crippen LogP contribution in [-0.4, -0.2) is 4.98 Å². The van der Waals surface area contributed by atoms with Gasteiger partial charge in [0, 0.05) is 21.5 Å². The first-order valence-electron chi connectivity index (χ1n) is 5.07. The summed E-state index contributed by atoms with van der Waals surface area (Å²) in [6.45, 7) is 0. The van der Waals surface area contributed by atoms with Crippen molar-refractivity contribution < 1.29 is 4.42 Å². The summed E-state index contributed by atoms with van der Waals surface area (Å²) in [6, 6.07) is 9.58. The molecule has 0 radical (unpaired) electrons. The minimum absolute atomic E-state index is 0.735. The van der Waals surface area contributed by atoms with Crippen LogP contribution in [0.1, 0.15) is 0 Å². The summed E-state index contributed by atoms with van der Waals surface area (Å²) < 4.78 is 5.05. The van der Waals surface area contributed by atoms with Crippen molar-refractivity contribution in [3.63, 3.8) is 0 Å². The van der Waals surface area contributed by atoms with Crippen molar-refractivity contribution in [3.8, 4) is 21.8 Å². The van der Waals surface area contributed by atoms with Crippen LogP contribution in [0.25, 0.3) is 21.8 Å². The molecule has 0 aliphatic heterocycles. The smallest absolute Gasteiger partial charge is 0.127 e. The minimum Gasteiger partial charge on any atom is -0.472 e. The van der Waals surface area contributed by atoms with E-state index < -0.39 is 0 Å². The summed E-state index contributed by atoms with van der Waals surface area (Å²) in [7, 11) is 0. The number of thiazole rings is 1. The second-order valence-electron chi connectivity index (χ2n) is 3.56. The van der Waals surface area contributed by atoms with Gasteiger partial charge in [-0.1, -0.05) is 23.7 Å². The molecular formula is C13H8ClNOS. The van der Waals surface area contributed by atoms with E-state index in [-0.39, 0.29) is 0 Å². The highest BCUT2D eigenvalue weighted by Gasteiger charge is 2.07. The number of hydrogen-bond donors (Lipinski definition) is 0. The molecule has 0 spiro atoms. The van der Waals surface area contributed by atoms with Crippen LogP contribution < -0.4 is 0 Å². The second-order valence-corrected chi connectivity index (χ2v) is 4.85. The predicted molar refractivity (Wildman–Crippen MR) is 70.3 cm³/mol. The fourth-order valence-electron chi connectivity index (χ4n) is 1.55. The predicted octanol–water partition coefficient (Wildman–Crippen LogP) is 4.72. The molecule has 0 N–H and O–H groups in total. The number of benzene rings is 1. The highest BCUT2D eigenvalue weighted by Crippen LogP contribution is 2.29. The Morgan fingerprint density at radius 3 is 2.59 bits per heavy atom. The van der Waals surface area contributed by atoms with E-state index in [0.29, 0.717) is 0 Å². The van der Waals surface area contributed by atoms with E-state index in [9.17, 15) is 0 Å². The number of aromatic nitrogens is 1. The Balaban J connectivity index is 1.98. The van der Waals surface area contributed by atoms with Crippen LogP contribution in [0.3, 0.4) is 0 Å². The first-order chi connectivity index (χ1) is 8.33. The topological polar surface area (TPSA) is 26.0 Å². The average molecular weight is 262 g/mol. The zero-order chi connectivity index (χ0) is 11.7. The van der Waals surface area contributed by atoms with Gasteiger partial charge in [-0.15, -0.1) is 11.3 Å². The fraction of sp³-hybridized carbons (Fsp3) is 0. The monoisotopic (exact) mass is 261 g/mol. The molecule has 2 heterocycles. The number of furan rings is 1. The SMILES string of the molecule is Clc1ccc(-c2csc(-c3ccoc3)n2)cc1. The van der Waals surface area contributed by atoms with Gasteiger partial charge in [0.05, 0.1) is 12.0 Å².